The van der Waals surface area contributed by atoms with Crippen molar-refractivity contribution >= 4 is 23.2 Å². The number of hydrogen-bond donors (Lipinski definition) is 1. The van der Waals surface area contributed by atoms with Crippen LogP contribution in [0.1, 0.15) is 17.3 Å². The highest BCUT2D eigenvalue weighted by atomic mass is 16.5. The molecular weight excluding hydrogens is 330 g/mol. The Morgan fingerprint density at radius 3 is 2.31 bits per heavy atom. The minimum absolute atomic E-state index is 0.0654. The number of nitrogens with zero attached hydrogens (tertiary/aromatic N) is 2. The number of ketones is 1. The number of urea groups is 1. The van der Waals surface area contributed by atoms with Crippen molar-refractivity contribution in [2.75, 3.05) is 43.5 Å². The van der Waals surface area contributed by atoms with Gasteiger partial charge in [0.25, 0.3) is 0 Å². The second-order valence-corrected chi connectivity index (χ2v) is 6.24. The molecule has 0 spiro atoms. The number of nitrogens with one attached hydrogen (secondary N) is 1. The van der Waals surface area contributed by atoms with Crippen LogP contribution in [0.3, 0.4) is 0 Å². The van der Waals surface area contributed by atoms with E-state index in [1.165, 1.54) is 0 Å². The van der Waals surface area contributed by atoms with E-state index in [4.69, 9.17) is 4.74 Å². The predicted molar refractivity (Wildman–Crippen MR) is 102 cm³/mol. The summed E-state index contributed by atoms with van der Waals surface area (Å²) in [5.41, 5.74) is 2.50. The number of hydrogen-bond acceptors (Lipinski definition) is 4. The third kappa shape index (κ3) is 4.14. The van der Waals surface area contributed by atoms with E-state index in [0.29, 0.717) is 24.4 Å². The van der Waals surface area contributed by atoms with Gasteiger partial charge in [0.15, 0.2) is 5.78 Å². The second kappa shape index (κ2) is 7.91. The fourth-order valence-electron chi connectivity index (χ4n) is 2.98. The number of rotatable bonds is 4. The lowest BCUT2D eigenvalue weighted by Crippen LogP contribution is -2.50. The third-order valence-corrected chi connectivity index (χ3v) is 4.53. The molecule has 0 unspecified atom stereocenters. The van der Waals surface area contributed by atoms with Crippen LogP contribution in [-0.4, -0.2) is 50.0 Å². The topological polar surface area (TPSA) is 61.9 Å². The van der Waals surface area contributed by atoms with Crippen molar-refractivity contribution in [2.45, 2.75) is 6.92 Å². The van der Waals surface area contributed by atoms with Crippen molar-refractivity contribution in [3.63, 3.8) is 0 Å². The highest BCUT2D eigenvalue weighted by molar-refractivity contribution is 5.94. The molecule has 1 aliphatic heterocycles. The Bertz CT molecular complexity index is 781. The van der Waals surface area contributed by atoms with E-state index in [1.807, 2.05) is 42.5 Å². The molecule has 0 saturated carbocycles. The van der Waals surface area contributed by atoms with Crippen LogP contribution in [0.5, 0.6) is 5.75 Å². The standard InChI is InChI=1S/C20H23N3O3/c1-15(24)16-6-8-18(9-7-16)22-10-12-23(13-11-22)20(25)21-17-4-3-5-19(14-17)26-2/h3-9,14H,10-13H2,1-2H3,(H,21,25). The number of anilines is 2. The van der Waals surface area contributed by atoms with Gasteiger partial charge in [0, 0.05) is 49.2 Å². The van der Waals surface area contributed by atoms with Gasteiger partial charge in [0.05, 0.1) is 7.11 Å². The number of carbonyl (C=O) groups is 2. The Labute approximate surface area is 153 Å². The third-order valence-electron chi connectivity index (χ3n) is 4.53. The molecule has 1 heterocycles. The molecule has 0 aliphatic carbocycles. The number of amides is 2. The average molecular weight is 353 g/mol. The van der Waals surface area contributed by atoms with Gasteiger partial charge in [0.1, 0.15) is 5.75 Å². The van der Waals surface area contributed by atoms with Crippen molar-refractivity contribution in [2.24, 2.45) is 0 Å². The summed E-state index contributed by atoms with van der Waals surface area (Å²) in [4.78, 5) is 27.8. The maximum atomic E-state index is 12.4. The summed E-state index contributed by atoms with van der Waals surface area (Å²) in [7, 11) is 1.60. The molecule has 1 aliphatic rings. The Hall–Kier alpha value is -3.02. The summed E-state index contributed by atoms with van der Waals surface area (Å²) in [5.74, 6) is 0.775. The molecule has 0 bridgehead atoms. The maximum absolute atomic E-state index is 12.4. The van der Waals surface area contributed by atoms with Gasteiger partial charge in [0.2, 0.25) is 0 Å². The Morgan fingerprint density at radius 1 is 1.00 bits per heavy atom. The van der Waals surface area contributed by atoms with E-state index < -0.39 is 0 Å². The van der Waals surface area contributed by atoms with Gasteiger partial charge in [-0.25, -0.2) is 4.79 Å². The molecule has 6 nitrogen and oxygen atoms in total. The minimum Gasteiger partial charge on any atom is -0.497 e. The molecule has 0 radical (unpaired) electrons. The van der Waals surface area contributed by atoms with Crippen LogP contribution in [0.25, 0.3) is 0 Å². The molecule has 3 rings (SSSR count). The van der Waals surface area contributed by atoms with Gasteiger partial charge in [-0.2, -0.15) is 0 Å². The van der Waals surface area contributed by atoms with Gasteiger partial charge in [-0.15, -0.1) is 0 Å². The monoisotopic (exact) mass is 353 g/mol. The van der Waals surface area contributed by atoms with Gasteiger partial charge in [-0.3, -0.25) is 4.79 Å². The lowest BCUT2D eigenvalue weighted by molar-refractivity contribution is 0.101. The zero-order valence-electron chi connectivity index (χ0n) is 15.1. The smallest absolute Gasteiger partial charge is 0.321 e. The van der Waals surface area contributed by atoms with Gasteiger partial charge < -0.3 is 19.9 Å². The van der Waals surface area contributed by atoms with Crippen molar-refractivity contribution in [3.8, 4) is 5.75 Å². The zero-order valence-corrected chi connectivity index (χ0v) is 15.1. The second-order valence-electron chi connectivity index (χ2n) is 6.24. The largest absolute Gasteiger partial charge is 0.497 e. The summed E-state index contributed by atoms with van der Waals surface area (Å²) in [6.45, 7) is 4.36. The first-order valence-electron chi connectivity index (χ1n) is 8.63. The highest BCUT2D eigenvalue weighted by Crippen LogP contribution is 2.20. The number of carbonyl (C=O) groups excluding carboxylic acids is 2. The molecule has 2 aromatic rings. The van der Waals surface area contributed by atoms with E-state index in [1.54, 1.807) is 25.0 Å². The first kappa shape index (κ1) is 17.8. The number of methoxy groups -OCH3 is 1. The Morgan fingerprint density at radius 2 is 1.69 bits per heavy atom. The Kier molecular flexibility index (Phi) is 5.41. The number of ether oxygens (including phenoxy) is 1. The van der Waals surface area contributed by atoms with Crippen LogP contribution in [0.15, 0.2) is 48.5 Å². The fraction of sp³-hybridized carbons (Fsp3) is 0.300. The van der Waals surface area contributed by atoms with Gasteiger partial charge in [-0.1, -0.05) is 6.07 Å². The number of piperazine rings is 1. The van der Waals surface area contributed by atoms with Crippen LogP contribution in [0.2, 0.25) is 0 Å². The van der Waals surface area contributed by atoms with Crippen LogP contribution >= 0.6 is 0 Å². The normalized spacial score (nSPS) is 14.1. The van der Waals surface area contributed by atoms with E-state index in [0.717, 1.165) is 24.5 Å². The molecule has 0 atom stereocenters. The molecule has 1 saturated heterocycles. The van der Waals surface area contributed by atoms with Crippen molar-refractivity contribution in [3.05, 3.63) is 54.1 Å². The van der Waals surface area contributed by atoms with E-state index in [2.05, 4.69) is 10.2 Å². The molecule has 2 amide bonds. The van der Waals surface area contributed by atoms with Gasteiger partial charge in [-0.05, 0) is 43.3 Å². The predicted octanol–water partition coefficient (Wildman–Crippen LogP) is 3.25. The number of Topliss-reactive ketones (excluding diaryl/α,β-unsaturated/α-hetero) is 1. The van der Waals surface area contributed by atoms with E-state index >= 15 is 0 Å². The molecule has 1 N–H and O–H groups in total. The van der Waals surface area contributed by atoms with Crippen molar-refractivity contribution in [1.82, 2.24) is 4.90 Å². The molecule has 2 aromatic carbocycles. The Balaban J connectivity index is 1.55. The molecule has 1 fully saturated rings. The zero-order chi connectivity index (χ0) is 18.5. The molecule has 6 heteroatoms. The molecule has 0 aromatic heterocycles. The summed E-state index contributed by atoms with van der Waals surface area (Å²) < 4.78 is 5.18. The summed E-state index contributed by atoms with van der Waals surface area (Å²) in [5, 5.41) is 2.91. The van der Waals surface area contributed by atoms with Crippen molar-refractivity contribution in [1.29, 1.82) is 0 Å². The quantitative estimate of drug-likeness (QED) is 0.857. The first-order chi connectivity index (χ1) is 12.6. The van der Waals surface area contributed by atoms with Crippen LogP contribution < -0.4 is 15.0 Å². The minimum atomic E-state index is -0.107. The average Bonchev–Trinajstić information content (AvgIpc) is 2.68. The van der Waals surface area contributed by atoms with Crippen LogP contribution in [-0.2, 0) is 0 Å². The van der Waals surface area contributed by atoms with Crippen LogP contribution in [0, 0.1) is 0 Å². The van der Waals surface area contributed by atoms with Gasteiger partial charge >= 0.3 is 6.03 Å². The van der Waals surface area contributed by atoms with E-state index in [-0.39, 0.29) is 11.8 Å². The maximum Gasteiger partial charge on any atom is 0.321 e. The number of benzene rings is 2. The summed E-state index contributed by atoms with van der Waals surface area (Å²) in [6.07, 6.45) is 0. The van der Waals surface area contributed by atoms with E-state index in [9.17, 15) is 9.59 Å². The van der Waals surface area contributed by atoms with Crippen molar-refractivity contribution < 1.29 is 14.3 Å². The lowest BCUT2D eigenvalue weighted by atomic mass is 10.1. The molecule has 136 valence electrons. The molecule has 26 heavy (non-hydrogen) atoms. The fourth-order valence-corrected chi connectivity index (χ4v) is 2.98. The SMILES string of the molecule is COc1cccc(NC(=O)N2CCN(c3ccc(C(C)=O)cc3)CC2)c1. The summed E-state index contributed by atoms with van der Waals surface area (Å²) in [6, 6.07) is 14.8. The first-order valence-corrected chi connectivity index (χ1v) is 8.63. The summed E-state index contributed by atoms with van der Waals surface area (Å²) >= 11 is 0. The van der Waals surface area contributed by atoms with Crippen LogP contribution in [0.4, 0.5) is 16.2 Å². The lowest BCUT2D eigenvalue weighted by Gasteiger charge is -2.36. The molecular formula is C20H23N3O3. The highest BCUT2D eigenvalue weighted by Gasteiger charge is 2.21.